The molecule has 188 valence electrons. The Morgan fingerprint density at radius 3 is 2.00 bits per heavy atom. The van der Waals surface area contributed by atoms with Gasteiger partial charge in [0, 0.05) is 6.42 Å². The Kier molecular flexibility index (Phi) is 5.42. The maximum absolute atomic E-state index is 14.1. The number of carbonyl (C=O) groups excluding carboxylic acids is 2. The van der Waals surface area contributed by atoms with Gasteiger partial charge in [0.2, 0.25) is 0 Å². The highest BCUT2D eigenvalue weighted by Crippen LogP contribution is 2.35. The number of rotatable bonds is 5. The van der Waals surface area contributed by atoms with E-state index in [9.17, 15) is 14.4 Å². The van der Waals surface area contributed by atoms with Gasteiger partial charge in [-0.05, 0) is 42.0 Å². The molecule has 1 atom stereocenters. The van der Waals surface area contributed by atoms with Crippen molar-refractivity contribution >= 4 is 44.3 Å². The van der Waals surface area contributed by atoms with Gasteiger partial charge in [0.1, 0.15) is 11.9 Å². The normalized spacial score (nSPS) is 13.8. The van der Waals surface area contributed by atoms with Crippen molar-refractivity contribution in [1.82, 2.24) is 19.4 Å². The minimum atomic E-state index is -0.857. The molecule has 7 rings (SSSR count). The summed E-state index contributed by atoms with van der Waals surface area (Å²) < 4.78 is 2.39. The van der Waals surface area contributed by atoms with Gasteiger partial charge in [0.05, 0.1) is 32.2 Å². The Morgan fingerprint density at radius 2 is 1.28 bits per heavy atom. The van der Waals surface area contributed by atoms with E-state index < -0.39 is 17.9 Å². The Hall–Kier alpha value is -4.95. The molecule has 0 spiro atoms. The molecule has 4 aromatic carbocycles. The summed E-state index contributed by atoms with van der Waals surface area (Å²) in [6.45, 7) is 0. The Balaban J connectivity index is 1.51. The Labute approximate surface area is 226 Å². The zero-order chi connectivity index (χ0) is 26.5. The third kappa shape index (κ3) is 3.76. The number of aromatic nitrogens is 3. The van der Waals surface area contributed by atoms with Gasteiger partial charge in [-0.15, -0.1) is 0 Å². The molecule has 1 unspecified atom stereocenters. The topological polar surface area (TPSA) is 85.2 Å². The lowest BCUT2D eigenvalue weighted by molar-refractivity contribution is 0.0572. The molecule has 7 nitrogen and oxygen atoms in total. The molecule has 0 bridgehead atoms. The highest BCUT2D eigenvalue weighted by molar-refractivity contribution is 7.20. The molecular weight excluding hydrogens is 508 g/mol. The Morgan fingerprint density at radius 1 is 0.667 bits per heavy atom. The van der Waals surface area contributed by atoms with E-state index >= 15 is 0 Å². The summed E-state index contributed by atoms with van der Waals surface area (Å²) in [6.07, 6.45) is 0.280. The summed E-state index contributed by atoms with van der Waals surface area (Å²) in [7, 11) is 0. The van der Waals surface area contributed by atoms with Crippen LogP contribution in [0.15, 0.2) is 108 Å². The van der Waals surface area contributed by atoms with Gasteiger partial charge in [0.25, 0.3) is 17.4 Å². The lowest BCUT2D eigenvalue weighted by Crippen LogP contribution is -2.39. The van der Waals surface area contributed by atoms with Crippen molar-refractivity contribution in [3.05, 3.63) is 136 Å². The highest BCUT2D eigenvalue weighted by Gasteiger charge is 2.42. The highest BCUT2D eigenvalue weighted by atomic mass is 32.1. The zero-order valence-electron chi connectivity index (χ0n) is 20.5. The van der Waals surface area contributed by atoms with E-state index in [1.54, 1.807) is 42.5 Å². The van der Waals surface area contributed by atoms with Crippen molar-refractivity contribution in [2.45, 2.75) is 12.5 Å². The van der Waals surface area contributed by atoms with Crippen molar-refractivity contribution in [2.75, 3.05) is 0 Å². The van der Waals surface area contributed by atoms with Gasteiger partial charge >= 0.3 is 0 Å². The van der Waals surface area contributed by atoms with Crippen LogP contribution in [0.25, 0.3) is 26.3 Å². The summed E-state index contributed by atoms with van der Waals surface area (Å²) in [5.41, 5.74) is 2.53. The molecule has 0 N–H and O–H groups in total. The van der Waals surface area contributed by atoms with Gasteiger partial charge in [-0.3, -0.25) is 19.3 Å². The van der Waals surface area contributed by atoms with Crippen LogP contribution in [0, 0.1) is 0 Å². The molecular formula is C31H20N4O3S. The van der Waals surface area contributed by atoms with E-state index in [0.717, 1.165) is 15.8 Å². The number of amides is 2. The first-order valence-electron chi connectivity index (χ1n) is 12.5. The monoisotopic (exact) mass is 528 g/mol. The van der Waals surface area contributed by atoms with Crippen LogP contribution in [0.4, 0.5) is 0 Å². The van der Waals surface area contributed by atoms with E-state index in [-0.39, 0.29) is 17.8 Å². The third-order valence-corrected chi connectivity index (χ3v) is 8.00. The molecule has 0 fully saturated rings. The van der Waals surface area contributed by atoms with Crippen molar-refractivity contribution in [1.29, 1.82) is 0 Å². The van der Waals surface area contributed by atoms with Crippen LogP contribution in [0.1, 0.15) is 38.1 Å². The molecule has 6 aromatic rings. The second-order valence-corrected chi connectivity index (χ2v) is 10.3. The molecule has 8 heteroatoms. The van der Waals surface area contributed by atoms with E-state index in [1.807, 2.05) is 60.7 Å². The number of thiazole rings is 1. The molecule has 3 heterocycles. The average molecular weight is 529 g/mol. The van der Waals surface area contributed by atoms with E-state index in [2.05, 4.69) is 0 Å². The minimum Gasteiger partial charge on any atom is -0.269 e. The lowest BCUT2D eigenvalue weighted by Gasteiger charge is -2.28. The maximum Gasteiger partial charge on any atom is 0.267 e. The predicted octanol–water partition coefficient (Wildman–Crippen LogP) is 5.58. The summed E-state index contributed by atoms with van der Waals surface area (Å²) >= 11 is 1.37. The van der Waals surface area contributed by atoms with Crippen LogP contribution in [-0.2, 0) is 6.42 Å². The first-order chi connectivity index (χ1) is 19.1. The summed E-state index contributed by atoms with van der Waals surface area (Å²) in [6, 6.07) is 30.3. The summed E-state index contributed by atoms with van der Waals surface area (Å²) in [4.78, 5) is 52.5. The predicted molar refractivity (Wildman–Crippen MR) is 150 cm³/mol. The van der Waals surface area contributed by atoms with Gasteiger partial charge in [-0.25, -0.2) is 14.5 Å². The largest absolute Gasteiger partial charge is 0.269 e. The zero-order valence-corrected chi connectivity index (χ0v) is 21.3. The first-order valence-corrected chi connectivity index (χ1v) is 13.3. The number of hydrogen-bond donors (Lipinski definition) is 0. The van der Waals surface area contributed by atoms with Crippen molar-refractivity contribution in [2.24, 2.45) is 0 Å². The smallest absolute Gasteiger partial charge is 0.267 e. The lowest BCUT2D eigenvalue weighted by atomic mass is 10.0. The number of fused-ring (bicyclic) bond motifs is 3. The second kappa shape index (κ2) is 9.11. The van der Waals surface area contributed by atoms with Crippen molar-refractivity contribution in [3.8, 4) is 5.13 Å². The van der Waals surface area contributed by atoms with Gasteiger partial charge in [-0.2, -0.15) is 0 Å². The quantitative estimate of drug-likeness (QED) is 0.273. The standard InChI is InChI=1S/C31H20N4O3S/c36-28-20-12-4-5-13-21(20)29(37)34(28)25(18-19-10-2-1-3-11-19)27-32-23-15-7-6-14-22(23)30(38)35(27)31-33-24-16-8-9-17-26(24)39-31/h1-17,25H,18H2. The fraction of sp³-hybridized carbons (Fsp3) is 0.0645. The van der Waals surface area contributed by atoms with Crippen LogP contribution < -0.4 is 5.56 Å². The number of nitrogens with zero attached hydrogens (tertiary/aromatic N) is 4. The maximum atomic E-state index is 14.1. The van der Waals surface area contributed by atoms with Crippen LogP contribution in [0.3, 0.4) is 0 Å². The number of carbonyl (C=O) groups is 2. The first kappa shape index (κ1) is 23.2. The van der Waals surface area contributed by atoms with Gasteiger partial charge in [0.15, 0.2) is 5.13 Å². The molecule has 2 amide bonds. The molecule has 2 aromatic heterocycles. The number of imide groups is 1. The molecule has 1 aliphatic rings. The summed E-state index contributed by atoms with van der Waals surface area (Å²) in [5.74, 6) is -0.527. The fourth-order valence-electron chi connectivity index (χ4n) is 5.14. The minimum absolute atomic E-state index is 0.280. The number of para-hydroxylation sites is 2. The molecule has 0 aliphatic carbocycles. The fourth-order valence-corrected chi connectivity index (χ4v) is 6.11. The van der Waals surface area contributed by atoms with Crippen LogP contribution in [-0.4, -0.2) is 31.2 Å². The van der Waals surface area contributed by atoms with E-state index in [1.165, 1.54) is 20.8 Å². The molecule has 39 heavy (non-hydrogen) atoms. The summed E-state index contributed by atoms with van der Waals surface area (Å²) in [5, 5.41) is 0.866. The van der Waals surface area contributed by atoms with Crippen LogP contribution >= 0.6 is 11.3 Å². The third-order valence-electron chi connectivity index (χ3n) is 6.98. The molecule has 0 radical (unpaired) electrons. The molecule has 0 saturated heterocycles. The van der Waals surface area contributed by atoms with E-state index in [4.69, 9.17) is 9.97 Å². The van der Waals surface area contributed by atoms with Crippen molar-refractivity contribution < 1.29 is 9.59 Å². The van der Waals surface area contributed by atoms with Crippen molar-refractivity contribution in [3.63, 3.8) is 0 Å². The Bertz CT molecular complexity index is 1910. The molecule has 1 aliphatic heterocycles. The van der Waals surface area contributed by atoms with Crippen LogP contribution in [0.2, 0.25) is 0 Å². The average Bonchev–Trinajstić information content (AvgIpc) is 3.51. The van der Waals surface area contributed by atoms with Crippen LogP contribution in [0.5, 0.6) is 0 Å². The SMILES string of the molecule is O=C1c2ccccc2C(=O)N1C(Cc1ccccc1)c1nc2ccccc2c(=O)n1-c1nc2ccccc2s1. The molecule has 0 saturated carbocycles. The second-order valence-electron chi connectivity index (χ2n) is 9.32. The van der Waals surface area contributed by atoms with Gasteiger partial charge < -0.3 is 0 Å². The number of benzene rings is 4. The van der Waals surface area contributed by atoms with E-state index in [0.29, 0.717) is 27.2 Å². The number of hydrogen-bond acceptors (Lipinski definition) is 6. The van der Waals surface area contributed by atoms with Gasteiger partial charge in [-0.1, -0.05) is 78.1 Å².